The van der Waals surface area contributed by atoms with Crippen molar-refractivity contribution in [3.05, 3.63) is 270 Å². The van der Waals surface area contributed by atoms with Gasteiger partial charge in [-0.05, 0) is 142 Å². The zero-order valence-electron chi connectivity index (χ0n) is 51.4. The van der Waals surface area contributed by atoms with E-state index in [0.717, 1.165) is 57.1 Å². The molecule has 0 spiro atoms. The van der Waals surface area contributed by atoms with Crippen molar-refractivity contribution in [3.63, 3.8) is 0 Å². The molecule has 0 aliphatic carbocycles. The van der Waals surface area contributed by atoms with Crippen LogP contribution in [0.15, 0.2) is 194 Å². The Bertz CT molecular complexity index is 4170. The number of amides is 1. The second-order valence-electron chi connectivity index (χ2n) is 23.5. The molecule has 10 rings (SSSR count). The maximum atomic E-state index is 13.1. The highest BCUT2D eigenvalue weighted by Gasteiger charge is 2.21. The second-order valence-corrected chi connectivity index (χ2v) is 23.5. The van der Waals surface area contributed by atoms with Crippen molar-refractivity contribution < 1.29 is 43.7 Å². The number of nitrogens with zero attached hydrogens (tertiary/aromatic N) is 4. The number of nitro benzene ring substituents is 2. The number of aromatic carboxylic acids is 1. The van der Waals surface area contributed by atoms with Gasteiger partial charge < -0.3 is 25.3 Å². The molecule has 1 amide bonds. The van der Waals surface area contributed by atoms with Crippen molar-refractivity contribution in [1.29, 1.82) is 0 Å². The molecule has 17 heteroatoms. The number of aryl methyl sites for hydroxylation is 2. The Morgan fingerprint density at radius 1 is 0.539 bits per heavy atom. The number of nitro groups is 2. The number of hydrogen-bond donors (Lipinski definition) is 3. The van der Waals surface area contributed by atoms with Gasteiger partial charge in [-0.2, -0.15) is 19.2 Å². The molecule has 17 nitrogen and oxygen atoms in total. The van der Waals surface area contributed by atoms with Crippen LogP contribution in [0.25, 0.3) is 44.1 Å². The topological polar surface area (TPSA) is 257 Å². The fraction of sp³-hybridized carbons (Fsp3) is 0.222. The van der Waals surface area contributed by atoms with Gasteiger partial charge in [-0.3, -0.25) is 25.0 Å². The van der Waals surface area contributed by atoms with E-state index < -0.39 is 15.8 Å². The molecule has 0 saturated carbocycles. The Morgan fingerprint density at radius 2 is 0.899 bits per heavy atom. The standard InChI is InChI=1S/C35H35N3O3.C27H27NO2.C8H10N2O2.2CO2/c1-23-21-37(22-25-10-12-27(13-11-25)30-8-6-7-9-32(30)35(3,4)5)33-19-16-28(20-31(23)33)34(39)36-24(2)26-14-17-29(18-15-26)38(40)41;1-18-16-28(25-14-13-21(26(29)30)15-23(18)25)17-19-9-11-20(12-10-19)22-7-5-6-8-24(22)27(2,3)4;1-6(9)7-2-4-8(5-3-7)10(11)12;2*2-1-3/h6-21,24H,22H2,1-5H3,(H,36,39);5-16H,17H2,1-4H3,(H,29,30);2-6H,9H2,1H3;;/t24-;;6-;;/m0.0../s1. The summed E-state index contributed by atoms with van der Waals surface area (Å²) in [7, 11) is 0. The number of carboxylic acids is 1. The first kappa shape index (κ1) is 67.4. The highest BCUT2D eigenvalue weighted by atomic mass is 16.6. The van der Waals surface area contributed by atoms with E-state index in [9.17, 15) is 34.9 Å². The summed E-state index contributed by atoms with van der Waals surface area (Å²) in [6.07, 6.45) is 4.73. The molecule has 4 N–H and O–H groups in total. The van der Waals surface area contributed by atoms with Crippen LogP contribution in [-0.2, 0) is 43.1 Å². The number of carbonyl (C=O) groups excluding carboxylic acids is 5. The van der Waals surface area contributed by atoms with Crippen LogP contribution in [0, 0.1) is 34.1 Å². The van der Waals surface area contributed by atoms with E-state index in [2.05, 4.69) is 172 Å². The third kappa shape index (κ3) is 17.7. The first-order valence-electron chi connectivity index (χ1n) is 28.5. The Balaban J connectivity index is 0.000000228. The van der Waals surface area contributed by atoms with Gasteiger partial charge in [-0.15, -0.1) is 0 Å². The number of nitrogens with two attached hydrogens (primary N) is 1. The van der Waals surface area contributed by atoms with E-state index in [1.807, 2.05) is 45.0 Å². The van der Waals surface area contributed by atoms with E-state index in [-0.39, 0.29) is 52.5 Å². The SMILES string of the molecule is C[C@H](N)c1ccc([N+](=O)[O-])cc1.Cc1cn(Cc2ccc(-c3ccccc3C(C)(C)C)cc2)c2ccc(C(=O)N[C@@H](C)c3ccc([N+](=O)[O-])cc3)cc12.Cc1cn(Cc2ccc(-c3ccccc3C(C)(C)C)cc2)c2ccc(C(=O)O)cc12.O=C=O.O=C=O. The summed E-state index contributed by atoms with van der Waals surface area (Å²) < 4.78 is 4.42. The van der Waals surface area contributed by atoms with Crippen LogP contribution in [0.3, 0.4) is 0 Å². The molecule has 0 aliphatic rings. The lowest BCUT2D eigenvalue weighted by Gasteiger charge is -2.23. The Kier molecular flexibility index (Phi) is 22.8. The first-order valence-corrected chi connectivity index (χ1v) is 28.5. The lowest BCUT2D eigenvalue weighted by molar-refractivity contribution is -0.385. The van der Waals surface area contributed by atoms with E-state index in [0.29, 0.717) is 11.1 Å². The van der Waals surface area contributed by atoms with Gasteiger partial charge in [-0.25, -0.2) is 4.79 Å². The quantitative estimate of drug-likeness (QED) is 0.0719. The molecular weight excluding hydrogens is 1120 g/mol. The van der Waals surface area contributed by atoms with E-state index in [4.69, 9.17) is 24.9 Å². The number of rotatable bonds is 13. The van der Waals surface area contributed by atoms with Gasteiger partial charge in [0.1, 0.15) is 0 Å². The summed E-state index contributed by atoms with van der Waals surface area (Å²) in [4.78, 5) is 77.2. The minimum atomic E-state index is -0.893. The van der Waals surface area contributed by atoms with Crippen molar-refractivity contribution >= 4 is 57.4 Å². The molecule has 2 heterocycles. The minimum absolute atomic E-state index is 0.0273. The Hall–Kier alpha value is -10.7. The van der Waals surface area contributed by atoms with Crippen LogP contribution in [0.5, 0.6) is 0 Å². The summed E-state index contributed by atoms with van der Waals surface area (Å²) in [5, 5.41) is 35.5. The number of carbonyl (C=O) groups is 2. The van der Waals surface area contributed by atoms with Crippen molar-refractivity contribution in [1.82, 2.24) is 14.5 Å². The molecular formula is C72H72N6O11. The number of fused-ring (bicyclic) bond motifs is 2. The molecule has 456 valence electrons. The van der Waals surface area contributed by atoms with Crippen LogP contribution < -0.4 is 11.1 Å². The van der Waals surface area contributed by atoms with Crippen molar-refractivity contribution in [3.8, 4) is 22.3 Å². The molecule has 0 unspecified atom stereocenters. The van der Waals surface area contributed by atoms with Gasteiger partial charge in [0, 0.05) is 83.2 Å². The Labute approximate surface area is 516 Å². The van der Waals surface area contributed by atoms with Crippen molar-refractivity contribution in [2.75, 3.05) is 0 Å². The molecule has 0 fully saturated rings. The average molecular weight is 1200 g/mol. The molecule has 0 aliphatic heterocycles. The molecule has 0 saturated heterocycles. The van der Waals surface area contributed by atoms with Crippen LogP contribution in [0.1, 0.15) is 133 Å². The fourth-order valence-corrected chi connectivity index (χ4v) is 10.4. The van der Waals surface area contributed by atoms with Crippen molar-refractivity contribution in [2.45, 2.75) is 105 Å². The summed E-state index contributed by atoms with van der Waals surface area (Å²) in [5.74, 6) is -1.08. The molecule has 2 atom stereocenters. The van der Waals surface area contributed by atoms with Crippen LogP contribution in [0.2, 0.25) is 0 Å². The lowest BCUT2D eigenvalue weighted by atomic mass is 9.82. The number of hydrogen-bond acceptors (Lipinski definition) is 11. The summed E-state index contributed by atoms with van der Waals surface area (Å²) in [5.41, 5.74) is 22.9. The molecule has 0 radical (unpaired) electrons. The van der Waals surface area contributed by atoms with E-state index in [1.165, 1.54) is 68.8 Å². The maximum absolute atomic E-state index is 13.1. The summed E-state index contributed by atoms with van der Waals surface area (Å²) >= 11 is 0. The molecule has 0 bridgehead atoms. The number of non-ortho nitro benzene ring substituents is 2. The number of carboxylic acid groups (broad SMARTS) is 1. The maximum Gasteiger partial charge on any atom is 0.373 e. The predicted molar refractivity (Wildman–Crippen MR) is 344 cm³/mol. The van der Waals surface area contributed by atoms with Crippen LogP contribution in [0.4, 0.5) is 11.4 Å². The zero-order valence-corrected chi connectivity index (χ0v) is 51.4. The summed E-state index contributed by atoms with van der Waals surface area (Å²) in [6, 6.07) is 58.0. The predicted octanol–water partition coefficient (Wildman–Crippen LogP) is 15.5. The van der Waals surface area contributed by atoms with Crippen molar-refractivity contribution in [2.24, 2.45) is 5.73 Å². The normalized spacial score (nSPS) is 11.5. The third-order valence-corrected chi connectivity index (χ3v) is 15.0. The monoisotopic (exact) mass is 1200 g/mol. The smallest absolute Gasteiger partial charge is 0.373 e. The number of benzene rings is 8. The number of aromatic nitrogens is 2. The second kappa shape index (κ2) is 30.1. The van der Waals surface area contributed by atoms with Gasteiger partial charge in [0.05, 0.1) is 21.5 Å². The fourth-order valence-electron chi connectivity index (χ4n) is 10.4. The highest BCUT2D eigenvalue weighted by Crippen LogP contribution is 2.35. The zero-order chi connectivity index (χ0) is 65.3. The summed E-state index contributed by atoms with van der Waals surface area (Å²) in [6.45, 7) is 22.7. The highest BCUT2D eigenvalue weighted by molar-refractivity contribution is 5.99. The van der Waals surface area contributed by atoms with Gasteiger partial charge in [0.25, 0.3) is 17.3 Å². The average Bonchev–Trinajstić information content (AvgIpc) is 3.10. The molecule has 2 aromatic heterocycles. The third-order valence-electron chi connectivity index (χ3n) is 15.0. The van der Waals surface area contributed by atoms with E-state index >= 15 is 0 Å². The van der Waals surface area contributed by atoms with Gasteiger partial charge in [-0.1, -0.05) is 163 Å². The minimum Gasteiger partial charge on any atom is -0.478 e. The van der Waals surface area contributed by atoms with Gasteiger partial charge >= 0.3 is 18.3 Å². The van der Waals surface area contributed by atoms with E-state index in [1.54, 1.807) is 36.4 Å². The number of nitrogens with one attached hydrogen (secondary N) is 1. The van der Waals surface area contributed by atoms with Gasteiger partial charge in [0.15, 0.2) is 0 Å². The first-order chi connectivity index (χ1) is 42.2. The van der Waals surface area contributed by atoms with Gasteiger partial charge in [0.2, 0.25) is 0 Å². The molecule has 8 aromatic carbocycles. The lowest BCUT2D eigenvalue weighted by Crippen LogP contribution is -2.26. The molecule has 89 heavy (non-hydrogen) atoms. The Morgan fingerprint density at radius 3 is 1.26 bits per heavy atom. The van der Waals surface area contributed by atoms with Crippen LogP contribution in [-0.4, -0.2) is 48.3 Å². The van der Waals surface area contributed by atoms with Crippen LogP contribution >= 0.6 is 0 Å². The largest absolute Gasteiger partial charge is 0.478 e. The molecule has 10 aromatic rings.